The van der Waals surface area contributed by atoms with Gasteiger partial charge in [-0.3, -0.25) is 0 Å². The normalized spacial score (nSPS) is 14.4. The number of aliphatic hydroxyl groups is 2. The van der Waals surface area contributed by atoms with Crippen LogP contribution in [0, 0.1) is 13.8 Å². The molecule has 6 nitrogen and oxygen atoms in total. The monoisotopic (exact) mass is 433 g/mol. The van der Waals surface area contributed by atoms with E-state index < -0.39 is 18.3 Å². The molecule has 0 spiro atoms. The Labute approximate surface area is 187 Å². The number of nitrogens with one attached hydrogen (secondary N) is 1. The van der Waals surface area contributed by atoms with Crippen LogP contribution >= 0.6 is 0 Å². The van der Waals surface area contributed by atoms with Crippen molar-refractivity contribution in [3.63, 3.8) is 0 Å². The van der Waals surface area contributed by atoms with Gasteiger partial charge in [-0.25, -0.2) is 4.79 Å². The molecular weight excluding hydrogens is 406 g/mol. The third-order valence-corrected chi connectivity index (χ3v) is 6.04. The van der Waals surface area contributed by atoms with Crippen LogP contribution in [0.1, 0.15) is 39.8 Å². The summed E-state index contributed by atoms with van der Waals surface area (Å²) in [5, 5.41) is 33.2. The van der Waals surface area contributed by atoms with E-state index in [1.54, 1.807) is 13.8 Å². The molecule has 0 saturated carbocycles. The number of hydrogen-bond acceptors (Lipinski definition) is 5. The highest BCUT2D eigenvalue weighted by Gasteiger charge is 2.29. The molecule has 1 aliphatic rings. The number of benzene rings is 3. The maximum absolute atomic E-state index is 12.3. The van der Waals surface area contributed by atoms with Crippen LogP contribution in [-0.2, 0) is 4.74 Å². The number of hydrogen-bond donors (Lipinski definition) is 4. The van der Waals surface area contributed by atoms with E-state index in [-0.39, 0.29) is 24.8 Å². The molecule has 0 radical (unpaired) electrons. The molecule has 0 heterocycles. The number of phenolic OH excluding ortho intramolecular Hbond substituents is 1. The van der Waals surface area contributed by atoms with Gasteiger partial charge in [0.1, 0.15) is 24.6 Å². The van der Waals surface area contributed by atoms with Gasteiger partial charge in [0.2, 0.25) is 0 Å². The summed E-state index contributed by atoms with van der Waals surface area (Å²) in [6, 6.07) is 19.2. The maximum Gasteiger partial charge on any atom is 0.407 e. The highest BCUT2D eigenvalue weighted by molar-refractivity contribution is 5.79. The minimum absolute atomic E-state index is 0.0500. The quantitative estimate of drug-likeness (QED) is 0.472. The Morgan fingerprint density at radius 2 is 1.50 bits per heavy atom. The van der Waals surface area contributed by atoms with Gasteiger partial charge >= 0.3 is 6.09 Å². The van der Waals surface area contributed by atoms with Crippen LogP contribution < -0.4 is 5.32 Å². The minimum Gasteiger partial charge on any atom is -0.508 e. The largest absolute Gasteiger partial charge is 0.508 e. The topological polar surface area (TPSA) is 99.0 Å². The third kappa shape index (κ3) is 4.20. The van der Waals surface area contributed by atoms with Crippen LogP contribution in [0.3, 0.4) is 0 Å². The van der Waals surface area contributed by atoms with Crippen molar-refractivity contribution in [3.05, 3.63) is 88.5 Å². The fraction of sp³-hybridized carbons (Fsp3) is 0.269. The number of carbonyl (C=O) groups excluding carboxylic acids is 1. The standard InChI is InChI=1S/C26H27NO5/c1-15-11-17(28)12-16(2)24(15)25(30)23(29)13-27-26(31)32-14-22-20-9-5-3-7-18(20)19-8-4-6-10-21(19)22/h3-12,22-23,25,28-30H,13-14H2,1-2H3,(H,27,31). The zero-order valence-electron chi connectivity index (χ0n) is 18.1. The summed E-state index contributed by atoms with van der Waals surface area (Å²) in [6.07, 6.45) is -3.08. The van der Waals surface area contributed by atoms with Gasteiger partial charge in [-0.15, -0.1) is 0 Å². The van der Waals surface area contributed by atoms with Gasteiger partial charge < -0.3 is 25.4 Å². The zero-order chi connectivity index (χ0) is 22.8. The summed E-state index contributed by atoms with van der Waals surface area (Å²) >= 11 is 0. The van der Waals surface area contributed by atoms with Gasteiger partial charge in [-0.05, 0) is 64.9 Å². The molecular formula is C26H27NO5. The molecule has 1 amide bonds. The molecule has 2 atom stereocenters. The van der Waals surface area contributed by atoms with Gasteiger partial charge in [0.15, 0.2) is 0 Å². The van der Waals surface area contributed by atoms with Crippen molar-refractivity contribution in [2.75, 3.05) is 13.2 Å². The van der Waals surface area contributed by atoms with E-state index >= 15 is 0 Å². The molecule has 3 aromatic rings. The fourth-order valence-corrected chi connectivity index (χ4v) is 4.56. The first-order valence-electron chi connectivity index (χ1n) is 10.6. The first kappa shape index (κ1) is 21.9. The van der Waals surface area contributed by atoms with Crippen molar-refractivity contribution in [1.29, 1.82) is 0 Å². The van der Waals surface area contributed by atoms with Crippen LogP contribution in [0.15, 0.2) is 60.7 Å². The Hall–Kier alpha value is -3.35. The number of amides is 1. The highest BCUT2D eigenvalue weighted by atomic mass is 16.5. The number of alkyl carbamates (subject to hydrolysis) is 1. The number of phenols is 1. The van der Waals surface area contributed by atoms with E-state index in [0.29, 0.717) is 16.7 Å². The van der Waals surface area contributed by atoms with E-state index in [4.69, 9.17) is 4.74 Å². The molecule has 4 rings (SSSR count). The molecule has 2 unspecified atom stereocenters. The summed E-state index contributed by atoms with van der Waals surface area (Å²) in [4.78, 5) is 12.3. The van der Waals surface area contributed by atoms with Crippen LogP contribution in [-0.4, -0.2) is 40.7 Å². The van der Waals surface area contributed by atoms with Crippen molar-refractivity contribution in [3.8, 4) is 16.9 Å². The molecule has 0 bridgehead atoms. The number of aryl methyl sites for hydroxylation is 2. The molecule has 32 heavy (non-hydrogen) atoms. The van der Waals surface area contributed by atoms with Gasteiger partial charge in [-0.1, -0.05) is 48.5 Å². The van der Waals surface area contributed by atoms with E-state index in [1.807, 2.05) is 36.4 Å². The molecule has 1 aliphatic carbocycles. The predicted molar refractivity (Wildman–Crippen MR) is 122 cm³/mol. The summed E-state index contributed by atoms with van der Waals surface area (Å²) in [6.45, 7) is 3.50. The van der Waals surface area contributed by atoms with Crippen molar-refractivity contribution in [1.82, 2.24) is 5.32 Å². The van der Waals surface area contributed by atoms with Crippen LogP contribution in [0.4, 0.5) is 4.79 Å². The lowest BCUT2D eigenvalue weighted by Crippen LogP contribution is -2.36. The van der Waals surface area contributed by atoms with Gasteiger partial charge in [0.25, 0.3) is 0 Å². The summed E-state index contributed by atoms with van der Waals surface area (Å²) in [7, 11) is 0. The molecule has 0 saturated heterocycles. The van der Waals surface area contributed by atoms with Crippen molar-refractivity contribution in [2.45, 2.75) is 32.0 Å². The summed E-state index contributed by atoms with van der Waals surface area (Å²) in [5.74, 6) is 0.0492. The molecule has 0 aliphatic heterocycles. The number of ether oxygens (including phenoxy) is 1. The average Bonchev–Trinajstić information content (AvgIpc) is 3.09. The smallest absolute Gasteiger partial charge is 0.407 e. The lowest BCUT2D eigenvalue weighted by atomic mass is 9.94. The van der Waals surface area contributed by atoms with Crippen LogP contribution in [0.2, 0.25) is 0 Å². The highest BCUT2D eigenvalue weighted by Crippen LogP contribution is 2.44. The van der Waals surface area contributed by atoms with E-state index in [2.05, 4.69) is 17.4 Å². The Balaban J connectivity index is 1.36. The number of rotatable bonds is 6. The van der Waals surface area contributed by atoms with Gasteiger partial charge in [0.05, 0.1) is 0 Å². The SMILES string of the molecule is Cc1cc(O)cc(C)c1C(O)C(O)CNC(=O)OCC1c2ccccc2-c2ccccc21. The Kier molecular flexibility index (Phi) is 6.17. The predicted octanol–water partition coefficient (Wildman–Crippen LogP) is 3.94. The van der Waals surface area contributed by atoms with E-state index in [1.165, 1.54) is 12.1 Å². The number of carbonyl (C=O) groups is 1. The molecule has 6 heteroatoms. The van der Waals surface area contributed by atoms with Gasteiger partial charge in [-0.2, -0.15) is 0 Å². The first-order valence-corrected chi connectivity index (χ1v) is 10.6. The lowest BCUT2D eigenvalue weighted by molar-refractivity contribution is 0.0178. The number of fused-ring (bicyclic) bond motifs is 3. The minimum atomic E-state index is -1.22. The van der Waals surface area contributed by atoms with Crippen molar-refractivity contribution >= 4 is 6.09 Å². The van der Waals surface area contributed by atoms with Crippen LogP contribution in [0.25, 0.3) is 11.1 Å². The number of aliphatic hydroxyl groups excluding tert-OH is 2. The van der Waals surface area contributed by atoms with Crippen molar-refractivity contribution < 1.29 is 24.9 Å². The van der Waals surface area contributed by atoms with Crippen LogP contribution in [0.5, 0.6) is 5.75 Å². The fourth-order valence-electron chi connectivity index (χ4n) is 4.56. The molecule has 0 aromatic heterocycles. The van der Waals surface area contributed by atoms with Crippen molar-refractivity contribution in [2.24, 2.45) is 0 Å². The molecule has 166 valence electrons. The lowest BCUT2D eigenvalue weighted by Gasteiger charge is -2.22. The second-order valence-corrected chi connectivity index (χ2v) is 8.21. The van der Waals surface area contributed by atoms with E-state index in [9.17, 15) is 20.1 Å². The Morgan fingerprint density at radius 1 is 0.969 bits per heavy atom. The first-order chi connectivity index (χ1) is 15.4. The molecule has 0 fully saturated rings. The average molecular weight is 434 g/mol. The second kappa shape index (κ2) is 9.02. The van der Waals surface area contributed by atoms with Gasteiger partial charge in [0, 0.05) is 12.5 Å². The summed E-state index contributed by atoms with van der Waals surface area (Å²) < 4.78 is 5.46. The van der Waals surface area contributed by atoms with E-state index in [0.717, 1.165) is 22.3 Å². The zero-order valence-corrected chi connectivity index (χ0v) is 18.1. The Morgan fingerprint density at radius 3 is 2.06 bits per heavy atom. The molecule has 3 aromatic carbocycles. The summed E-state index contributed by atoms with van der Waals surface area (Å²) in [5.41, 5.74) is 6.39. The second-order valence-electron chi connectivity index (χ2n) is 8.21. The Bertz CT molecular complexity index is 1070. The molecule has 4 N–H and O–H groups in total. The number of aromatic hydroxyl groups is 1. The third-order valence-electron chi connectivity index (χ3n) is 6.04. The maximum atomic E-state index is 12.3.